The van der Waals surface area contributed by atoms with Crippen molar-refractivity contribution in [1.82, 2.24) is 5.32 Å². The smallest absolute Gasteiger partial charge is 0.219 e. The van der Waals surface area contributed by atoms with Crippen molar-refractivity contribution in [2.24, 2.45) is 5.73 Å². The molecule has 0 saturated heterocycles. The van der Waals surface area contributed by atoms with E-state index in [0.717, 1.165) is 12.8 Å². The molecule has 0 aromatic heterocycles. The molecule has 0 fully saturated rings. The molecule has 4 nitrogen and oxygen atoms in total. The lowest BCUT2D eigenvalue weighted by Crippen LogP contribution is -2.17. The second-order valence-electron chi connectivity index (χ2n) is 2.62. The number of hydrogen-bond donors (Lipinski definition) is 2. The lowest BCUT2D eigenvalue weighted by atomic mass is 10.1. The minimum Gasteiger partial charge on any atom is -0.359 e. The molecule has 70 valence electrons. The summed E-state index contributed by atoms with van der Waals surface area (Å²) in [4.78, 5) is 21.4. The fraction of sp³-hybridized carbons (Fsp3) is 0.750. The second-order valence-corrected chi connectivity index (χ2v) is 2.62. The van der Waals surface area contributed by atoms with Gasteiger partial charge in [-0.1, -0.05) is 0 Å². The van der Waals surface area contributed by atoms with Crippen LogP contribution in [0.5, 0.6) is 0 Å². The summed E-state index contributed by atoms with van der Waals surface area (Å²) in [5, 5.41) is 2.52. The normalized spacial score (nSPS) is 9.50. The molecule has 0 rings (SSSR count). The van der Waals surface area contributed by atoms with Gasteiger partial charge in [-0.05, 0) is 12.8 Å². The molecule has 0 aromatic carbocycles. The summed E-state index contributed by atoms with van der Waals surface area (Å²) in [6, 6.07) is 0. The first-order chi connectivity index (χ1) is 5.70. The average Bonchev–Trinajstić information content (AvgIpc) is 2.11. The van der Waals surface area contributed by atoms with Gasteiger partial charge in [0.25, 0.3) is 0 Å². The van der Waals surface area contributed by atoms with Gasteiger partial charge >= 0.3 is 0 Å². The number of amides is 1. The minimum atomic E-state index is 0.0233. The molecule has 0 aromatic rings. The fourth-order valence-corrected chi connectivity index (χ4v) is 0.835. The molecule has 0 atom stereocenters. The molecule has 12 heavy (non-hydrogen) atoms. The Morgan fingerprint density at radius 3 is 2.33 bits per heavy atom. The maximum Gasteiger partial charge on any atom is 0.219 e. The number of carbonyl (C=O) groups is 2. The number of carbonyl (C=O) groups excluding carboxylic acids is 2. The van der Waals surface area contributed by atoms with Crippen LogP contribution in [0.4, 0.5) is 0 Å². The van der Waals surface area contributed by atoms with Crippen molar-refractivity contribution < 1.29 is 9.59 Å². The quantitative estimate of drug-likeness (QED) is 0.546. The highest BCUT2D eigenvalue weighted by molar-refractivity contribution is 5.80. The highest BCUT2D eigenvalue weighted by Gasteiger charge is 2.00. The molecule has 0 heterocycles. The Bertz CT molecular complexity index is 139. The molecule has 0 unspecified atom stereocenters. The van der Waals surface area contributed by atoms with Crippen LogP contribution in [0.1, 0.15) is 25.7 Å². The highest BCUT2D eigenvalue weighted by Crippen LogP contribution is 1.99. The summed E-state index contributed by atoms with van der Waals surface area (Å²) in [5.74, 6) is 0.0853. The molecular weight excluding hydrogens is 156 g/mol. The van der Waals surface area contributed by atoms with Gasteiger partial charge in [-0.3, -0.25) is 9.59 Å². The SMILES string of the molecule is CNC(=O)CCCCC(=O)CN. The zero-order valence-corrected chi connectivity index (χ0v) is 7.43. The summed E-state index contributed by atoms with van der Waals surface area (Å²) in [5.41, 5.74) is 5.11. The van der Waals surface area contributed by atoms with Gasteiger partial charge in [-0.2, -0.15) is 0 Å². The lowest BCUT2D eigenvalue weighted by Gasteiger charge is -1.98. The molecule has 0 aliphatic rings. The Morgan fingerprint density at radius 2 is 1.83 bits per heavy atom. The van der Waals surface area contributed by atoms with E-state index in [1.54, 1.807) is 7.05 Å². The first kappa shape index (κ1) is 11.1. The van der Waals surface area contributed by atoms with Gasteiger partial charge < -0.3 is 11.1 Å². The topological polar surface area (TPSA) is 72.2 Å². The third kappa shape index (κ3) is 5.85. The van der Waals surface area contributed by atoms with E-state index in [2.05, 4.69) is 5.32 Å². The summed E-state index contributed by atoms with van der Waals surface area (Å²) >= 11 is 0. The number of ketones is 1. The fourth-order valence-electron chi connectivity index (χ4n) is 0.835. The zero-order chi connectivity index (χ0) is 9.40. The number of hydrogen-bond acceptors (Lipinski definition) is 3. The highest BCUT2D eigenvalue weighted by atomic mass is 16.1. The predicted molar refractivity (Wildman–Crippen MR) is 46.6 cm³/mol. The van der Waals surface area contributed by atoms with E-state index in [1.165, 1.54) is 0 Å². The van der Waals surface area contributed by atoms with Crippen LogP contribution in [0.2, 0.25) is 0 Å². The van der Waals surface area contributed by atoms with Crippen molar-refractivity contribution in [3.63, 3.8) is 0 Å². The van der Waals surface area contributed by atoms with E-state index in [1.807, 2.05) is 0 Å². The van der Waals surface area contributed by atoms with Crippen molar-refractivity contribution in [3.05, 3.63) is 0 Å². The van der Waals surface area contributed by atoms with Crippen LogP contribution in [-0.4, -0.2) is 25.3 Å². The van der Waals surface area contributed by atoms with Crippen LogP contribution >= 0.6 is 0 Å². The summed E-state index contributed by atoms with van der Waals surface area (Å²) in [6.45, 7) is 0.111. The van der Waals surface area contributed by atoms with E-state index >= 15 is 0 Å². The standard InChI is InChI=1S/C8H16N2O2/c1-10-8(12)5-3-2-4-7(11)6-9/h2-6,9H2,1H3,(H,10,12). The van der Waals surface area contributed by atoms with Crippen LogP contribution < -0.4 is 11.1 Å². The minimum absolute atomic E-state index is 0.0233. The number of Topliss-reactive ketones (excluding diaryl/α,β-unsaturated/α-hetero) is 1. The molecule has 0 aliphatic heterocycles. The van der Waals surface area contributed by atoms with Crippen LogP contribution in [0, 0.1) is 0 Å². The van der Waals surface area contributed by atoms with Gasteiger partial charge in [-0.25, -0.2) is 0 Å². The monoisotopic (exact) mass is 172 g/mol. The Hall–Kier alpha value is -0.900. The number of unbranched alkanes of at least 4 members (excludes halogenated alkanes) is 1. The maximum absolute atomic E-state index is 10.7. The molecule has 0 aliphatic carbocycles. The Balaban J connectivity index is 3.21. The largest absolute Gasteiger partial charge is 0.359 e. The van der Waals surface area contributed by atoms with Gasteiger partial charge in [0.1, 0.15) is 5.78 Å². The van der Waals surface area contributed by atoms with Gasteiger partial charge in [0.15, 0.2) is 0 Å². The van der Waals surface area contributed by atoms with E-state index in [9.17, 15) is 9.59 Å². The Morgan fingerprint density at radius 1 is 1.25 bits per heavy atom. The third-order valence-electron chi connectivity index (χ3n) is 1.62. The first-order valence-corrected chi connectivity index (χ1v) is 4.13. The van der Waals surface area contributed by atoms with Gasteiger partial charge in [-0.15, -0.1) is 0 Å². The predicted octanol–water partition coefficient (Wildman–Crippen LogP) is -0.179. The first-order valence-electron chi connectivity index (χ1n) is 4.13. The summed E-state index contributed by atoms with van der Waals surface area (Å²) < 4.78 is 0. The molecular formula is C8H16N2O2. The van der Waals surface area contributed by atoms with Crippen molar-refractivity contribution in [1.29, 1.82) is 0 Å². The van der Waals surface area contributed by atoms with E-state index in [0.29, 0.717) is 12.8 Å². The molecule has 1 amide bonds. The van der Waals surface area contributed by atoms with Crippen LogP contribution in [0.3, 0.4) is 0 Å². The number of nitrogens with two attached hydrogens (primary N) is 1. The molecule has 0 bridgehead atoms. The van der Waals surface area contributed by atoms with Crippen LogP contribution in [0.15, 0.2) is 0 Å². The number of nitrogens with one attached hydrogen (secondary N) is 1. The molecule has 0 saturated carbocycles. The van der Waals surface area contributed by atoms with Gasteiger partial charge in [0.2, 0.25) is 5.91 Å². The average molecular weight is 172 g/mol. The van der Waals surface area contributed by atoms with Crippen molar-refractivity contribution >= 4 is 11.7 Å². The van der Waals surface area contributed by atoms with Crippen molar-refractivity contribution in [3.8, 4) is 0 Å². The molecule has 3 N–H and O–H groups in total. The second kappa shape index (κ2) is 6.79. The third-order valence-corrected chi connectivity index (χ3v) is 1.62. The molecule has 0 radical (unpaired) electrons. The molecule has 4 heteroatoms. The summed E-state index contributed by atoms with van der Waals surface area (Å²) in [6.07, 6.45) is 2.50. The number of rotatable bonds is 6. The lowest BCUT2D eigenvalue weighted by molar-refractivity contribution is -0.121. The van der Waals surface area contributed by atoms with E-state index in [-0.39, 0.29) is 18.2 Å². The molecule has 0 spiro atoms. The summed E-state index contributed by atoms with van der Waals surface area (Å²) in [7, 11) is 1.60. The van der Waals surface area contributed by atoms with Crippen molar-refractivity contribution in [2.75, 3.05) is 13.6 Å². The van der Waals surface area contributed by atoms with Crippen molar-refractivity contribution in [2.45, 2.75) is 25.7 Å². The van der Waals surface area contributed by atoms with E-state index in [4.69, 9.17) is 5.73 Å². The van der Waals surface area contributed by atoms with Gasteiger partial charge in [0.05, 0.1) is 6.54 Å². The van der Waals surface area contributed by atoms with Gasteiger partial charge in [0, 0.05) is 19.9 Å². The maximum atomic E-state index is 10.7. The van der Waals surface area contributed by atoms with Crippen LogP contribution in [0.25, 0.3) is 0 Å². The zero-order valence-electron chi connectivity index (χ0n) is 7.43. The Labute approximate surface area is 72.5 Å². The van der Waals surface area contributed by atoms with Crippen LogP contribution in [-0.2, 0) is 9.59 Å². The Kier molecular flexibility index (Phi) is 6.28. The van der Waals surface area contributed by atoms with E-state index < -0.39 is 0 Å².